The molecule has 0 saturated carbocycles. The SMILES string of the molecule is CC(CN1CCN(C(=O)O)CC1)c1ccccn1. The number of pyridine rings is 1. The summed E-state index contributed by atoms with van der Waals surface area (Å²) in [6.07, 6.45) is 1.00. The van der Waals surface area contributed by atoms with Gasteiger partial charge in [0.2, 0.25) is 0 Å². The van der Waals surface area contributed by atoms with E-state index in [0.717, 1.165) is 25.3 Å². The van der Waals surface area contributed by atoms with Crippen LogP contribution in [0.4, 0.5) is 4.79 Å². The van der Waals surface area contributed by atoms with E-state index in [1.54, 1.807) is 0 Å². The standard InChI is InChI=1S/C13H19N3O2/c1-11(12-4-2-3-5-14-12)10-15-6-8-16(9-7-15)13(17)18/h2-5,11H,6-10H2,1H3,(H,17,18). The minimum atomic E-state index is -0.813. The molecule has 1 fully saturated rings. The molecule has 0 aliphatic carbocycles. The van der Waals surface area contributed by atoms with Crippen molar-refractivity contribution in [3.63, 3.8) is 0 Å². The summed E-state index contributed by atoms with van der Waals surface area (Å²) in [7, 11) is 0. The summed E-state index contributed by atoms with van der Waals surface area (Å²) in [6.45, 7) is 5.91. The van der Waals surface area contributed by atoms with Gasteiger partial charge in [-0.15, -0.1) is 0 Å². The van der Waals surface area contributed by atoms with Gasteiger partial charge in [-0.3, -0.25) is 9.88 Å². The van der Waals surface area contributed by atoms with Crippen LogP contribution in [0.1, 0.15) is 18.5 Å². The maximum atomic E-state index is 10.8. The third-order valence-corrected chi connectivity index (χ3v) is 3.37. The lowest BCUT2D eigenvalue weighted by Crippen LogP contribution is -2.49. The molecule has 0 bridgehead atoms. The summed E-state index contributed by atoms with van der Waals surface area (Å²) in [5.74, 6) is 0.377. The lowest BCUT2D eigenvalue weighted by atomic mass is 10.1. The molecule has 2 heterocycles. The first-order valence-electron chi connectivity index (χ1n) is 6.28. The number of aromatic nitrogens is 1. The largest absolute Gasteiger partial charge is 0.465 e. The molecule has 1 amide bonds. The minimum Gasteiger partial charge on any atom is -0.465 e. The number of nitrogens with zero attached hydrogens (tertiary/aromatic N) is 3. The predicted octanol–water partition coefficient (Wildman–Crippen LogP) is 1.48. The molecule has 1 aromatic rings. The van der Waals surface area contributed by atoms with Crippen molar-refractivity contribution in [1.29, 1.82) is 0 Å². The van der Waals surface area contributed by atoms with Crippen molar-refractivity contribution in [3.8, 4) is 0 Å². The van der Waals surface area contributed by atoms with Crippen molar-refractivity contribution in [2.24, 2.45) is 0 Å². The lowest BCUT2D eigenvalue weighted by molar-refractivity contribution is 0.103. The van der Waals surface area contributed by atoms with Crippen LogP contribution in [0.25, 0.3) is 0 Å². The number of hydrogen-bond donors (Lipinski definition) is 1. The van der Waals surface area contributed by atoms with Gasteiger partial charge in [-0.25, -0.2) is 4.79 Å². The van der Waals surface area contributed by atoms with Gasteiger partial charge >= 0.3 is 6.09 Å². The van der Waals surface area contributed by atoms with Gasteiger partial charge in [0.1, 0.15) is 0 Å². The zero-order valence-electron chi connectivity index (χ0n) is 10.6. The predicted molar refractivity (Wildman–Crippen MR) is 68.7 cm³/mol. The fraction of sp³-hybridized carbons (Fsp3) is 0.538. The monoisotopic (exact) mass is 249 g/mol. The summed E-state index contributed by atoms with van der Waals surface area (Å²) < 4.78 is 0. The third kappa shape index (κ3) is 3.20. The summed E-state index contributed by atoms with van der Waals surface area (Å²) in [6, 6.07) is 5.96. The molecule has 1 aliphatic rings. The van der Waals surface area contributed by atoms with E-state index in [2.05, 4.69) is 16.8 Å². The average Bonchev–Trinajstić information content (AvgIpc) is 2.40. The molecule has 1 saturated heterocycles. The fourth-order valence-electron chi connectivity index (χ4n) is 2.27. The molecule has 18 heavy (non-hydrogen) atoms. The molecule has 1 unspecified atom stereocenters. The molecule has 0 radical (unpaired) electrons. The Hall–Kier alpha value is -1.62. The highest BCUT2D eigenvalue weighted by Gasteiger charge is 2.21. The van der Waals surface area contributed by atoms with Crippen molar-refractivity contribution < 1.29 is 9.90 Å². The van der Waals surface area contributed by atoms with Crippen LogP contribution in [-0.4, -0.2) is 58.7 Å². The van der Waals surface area contributed by atoms with Gasteiger partial charge in [0.25, 0.3) is 0 Å². The van der Waals surface area contributed by atoms with Gasteiger partial charge in [-0.05, 0) is 12.1 Å². The number of rotatable bonds is 3. The Morgan fingerprint density at radius 2 is 2.11 bits per heavy atom. The van der Waals surface area contributed by atoms with Crippen LogP contribution < -0.4 is 0 Å². The second-order valence-corrected chi connectivity index (χ2v) is 4.73. The van der Waals surface area contributed by atoms with Crippen LogP contribution in [-0.2, 0) is 0 Å². The molecule has 5 heteroatoms. The maximum Gasteiger partial charge on any atom is 0.407 e. The summed E-state index contributed by atoms with van der Waals surface area (Å²) >= 11 is 0. The van der Waals surface area contributed by atoms with Gasteiger partial charge in [-0.2, -0.15) is 0 Å². The smallest absolute Gasteiger partial charge is 0.407 e. The van der Waals surface area contributed by atoms with Crippen LogP contribution in [0, 0.1) is 0 Å². The van der Waals surface area contributed by atoms with Crippen LogP contribution in [0.5, 0.6) is 0 Å². The van der Waals surface area contributed by atoms with E-state index in [4.69, 9.17) is 5.11 Å². The summed E-state index contributed by atoms with van der Waals surface area (Å²) in [5, 5.41) is 8.88. The van der Waals surface area contributed by atoms with E-state index in [1.807, 2.05) is 24.4 Å². The zero-order chi connectivity index (χ0) is 13.0. The Morgan fingerprint density at radius 1 is 1.39 bits per heavy atom. The average molecular weight is 249 g/mol. The van der Waals surface area contributed by atoms with E-state index in [1.165, 1.54) is 4.90 Å². The zero-order valence-corrected chi connectivity index (χ0v) is 10.6. The van der Waals surface area contributed by atoms with Gasteiger partial charge in [0, 0.05) is 50.5 Å². The van der Waals surface area contributed by atoms with Gasteiger partial charge < -0.3 is 10.0 Å². The van der Waals surface area contributed by atoms with Gasteiger partial charge in [-0.1, -0.05) is 13.0 Å². The molecule has 1 N–H and O–H groups in total. The van der Waals surface area contributed by atoms with Gasteiger partial charge in [0.15, 0.2) is 0 Å². The van der Waals surface area contributed by atoms with Gasteiger partial charge in [0.05, 0.1) is 0 Å². The maximum absolute atomic E-state index is 10.8. The molecule has 5 nitrogen and oxygen atoms in total. The minimum absolute atomic E-state index is 0.377. The highest BCUT2D eigenvalue weighted by molar-refractivity contribution is 5.65. The molecule has 0 spiro atoms. The first kappa shape index (κ1) is 12.8. The quantitative estimate of drug-likeness (QED) is 0.881. The van der Waals surface area contributed by atoms with Crippen LogP contribution in [0.2, 0.25) is 0 Å². The first-order chi connectivity index (χ1) is 8.66. The summed E-state index contributed by atoms with van der Waals surface area (Å²) in [5.41, 5.74) is 1.10. The Morgan fingerprint density at radius 3 is 2.67 bits per heavy atom. The van der Waals surface area contributed by atoms with Crippen LogP contribution in [0.3, 0.4) is 0 Å². The van der Waals surface area contributed by atoms with Crippen molar-refractivity contribution in [1.82, 2.24) is 14.8 Å². The van der Waals surface area contributed by atoms with Crippen molar-refractivity contribution >= 4 is 6.09 Å². The normalized spacial score (nSPS) is 18.6. The third-order valence-electron chi connectivity index (χ3n) is 3.37. The Labute approximate surface area is 107 Å². The van der Waals surface area contributed by atoms with Crippen molar-refractivity contribution in [3.05, 3.63) is 30.1 Å². The molecule has 1 aliphatic heterocycles. The second kappa shape index (κ2) is 5.82. The van der Waals surface area contributed by atoms with Crippen molar-refractivity contribution in [2.45, 2.75) is 12.8 Å². The molecule has 1 aromatic heterocycles. The molecule has 0 aromatic carbocycles. The number of carbonyl (C=O) groups is 1. The van der Waals surface area contributed by atoms with Crippen LogP contribution in [0.15, 0.2) is 24.4 Å². The van der Waals surface area contributed by atoms with E-state index < -0.39 is 6.09 Å². The highest BCUT2D eigenvalue weighted by atomic mass is 16.4. The van der Waals surface area contributed by atoms with E-state index in [9.17, 15) is 4.79 Å². The molecule has 2 rings (SSSR count). The number of amides is 1. The molecular weight excluding hydrogens is 230 g/mol. The summed E-state index contributed by atoms with van der Waals surface area (Å²) in [4.78, 5) is 18.9. The van der Waals surface area contributed by atoms with E-state index in [-0.39, 0.29) is 0 Å². The Bertz CT molecular complexity index is 388. The second-order valence-electron chi connectivity index (χ2n) is 4.73. The van der Waals surface area contributed by atoms with Crippen molar-refractivity contribution in [2.75, 3.05) is 32.7 Å². The Balaban J connectivity index is 1.83. The fourth-order valence-corrected chi connectivity index (χ4v) is 2.27. The number of piperazine rings is 1. The molecule has 1 atom stereocenters. The lowest BCUT2D eigenvalue weighted by Gasteiger charge is -2.34. The van der Waals surface area contributed by atoms with E-state index in [0.29, 0.717) is 19.0 Å². The first-order valence-corrected chi connectivity index (χ1v) is 6.28. The Kier molecular flexibility index (Phi) is 4.15. The van der Waals surface area contributed by atoms with Crippen LogP contribution >= 0.6 is 0 Å². The number of carboxylic acid groups (broad SMARTS) is 1. The number of hydrogen-bond acceptors (Lipinski definition) is 3. The highest BCUT2D eigenvalue weighted by Crippen LogP contribution is 2.14. The molecular formula is C13H19N3O2. The molecule has 98 valence electrons. The van der Waals surface area contributed by atoms with E-state index >= 15 is 0 Å². The topological polar surface area (TPSA) is 56.7 Å².